The van der Waals surface area contributed by atoms with Gasteiger partial charge in [-0.15, -0.1) is 0 Å². The van der Waals surface area contributed by atoms with E-state index < -0.39 is 39.5 Å². The van der Waals surface area contributed by atoms with E-state index in [1.807, 2.05) is 5.32 Å². The summed E-state index contributed by atoms with van der Waals surface area (Å²) in [7, 11) is 30.5. The zero-order chi connectivity index (χ0) is 23.4. The molecule has 1 atom stereocenters. The molecule has 1 N–H and O–H groups in total. The summed E-state index contributed by atoms with van der Waals surface area (Å²) in [4.78, 5) is 37.3. The van der Waals surface area contributed by atoms with E-state index in [1.165, 1.54) is 20.8 Å². The Kier molecular flexibility index (Phi) is 7.97. The monoisotopic (exact) mass is 401 g/mol. The van der Waals surface area contributed by atoms with E-state index in [9.17, 15) is 14.4 Å². The number of ether oxygens (including phenoxy) is 3. The van der Waals surface area contributed by atoms with Crippen molar-refractivity contribution in [1.82, 2.24) is 5.32 Å². The molecule has 0 aliphatic rings. The Bertz CT molecular complexity index is 781. The molecule has 0 aromatic heterocycles. The van der Waals surface area contributed by atoms with Crippen LogP contribution in [0.15, 0.2) is 30.3 Å². The fourth-order valence-corrected chi connectivity index (χ4v) is 2.27. The molecule has 1 aromatic carbocycles. The van der Waals surface area contributed by atoms with Crippen LogP contribution < -0.4 is 5.32 Å². The normalized spacial score (nSPS) is 14.1. The van der Waals surface area contributed by atoms with E-state index in [4.69, 9.17) is 48.7 Å². The third-order valence-corrected chi connectivity index (χ3v) is 4.09. The third kappa shape index (κ3) is 5.67. The Morgan fingerprint density at radius 3 is 1.93 bits per heavy atom. The second-order valence-electron chi connectivity index (χ2n) is 7.73. The Morgan fingerprint density at radius 2 is 1.47 bits per heavy atom. The van der Waals surface area contributed by atoms with Crippen LogP contribution in [0.2, 0.25) is 10.4 Å². The number of methoxy groups -OCH3 is 1. The van der Waals surface area contributed by atoms with Gasteiger partial charge in [-0.2, -0.15) is 0 Å². The van der Waals surface area contributed by atoms with Crippen molar-refractivity contribution >= 4 is 57.3 Å². The fourth-order valence-electron chi connectivity index (χ4n) is 2.27. The van der Waals surface area contributed by atoms with Crippen LogP contribution in [-0.2, 0) is 30.4 Å². The Morgan fingerprint density at radius 1 is 0.933 bits per heavy atom. The number of hydrogen-bond acceptors (Lipinski definition) is 6. The summed E-state index contributed by atoms with van der Waals surface area (Å²) in [6.07, 6.45) is -1.19. The van der Waals surface area contributed by atoms with Crippen LogP contribution in [0.5, 0.6) is 0 Å². The van der Waals surface area contributed by atoms with Gasteiger partial charge in [0.2, 0.25) is 0 Å². The van der Waals surface area contributed by atoms with Crippen molar-refractivity contribution in [3.8, 4) is 0 Å². The van der Waals surface area contributed by atoms with Crippen LogP contribution in [-0.4, -0.2) is 75.4 Å². The minimum Gasteiger partial charge on any atom is -0.470 e. The fraction of sp³-hybridized carbons (Fsp3) is 0.500. The highest BCUT2D eigenvalue weighted by Crippen LogP contribution is 2.50. The van der Waals surface area contributed by atoms with Gasteiger partial charge >= 0.3 is 12.1 Å². The lowest BCUT2D eigenvalue weighted by molar-refractivity contribution is -0.160. The summed E-state index contributed by atoms with van der Waals surface area (Å²) in [5, 5.41) is -3.45. The number of carbonyl (C=O) groups is 3. The van der Waals surface area contributed by atoms with E-state index >= 15 is 0 Å². The summed E-state index contributed by atoms with van der Waals surface area (Å²) < 4.78 is 14.7. The second-order valence-corrected chi connectivity index (χ2v) is 7.73. The summed E-state index contributed by atoms with van der Waals surface area (Å²) in [6, 6.07) is 8.67. The SMILES string of the molecule is [B]C([B])(C(=O)OC)C([B])([B])[C@]([B])(NC(=O)OCc1ccccc1)C(=O)OC(C)(C)C. The topological polar surface area (TPSA) is 90.9 Å². The lowest BCUT2D eigenvalue weighted by Gasteiger charge is -2.53. The lowest BCUT2D eigenvalue weighted by atomic mass is 9.22. The molecule has 12 heteroatoms. The van der Waals surface area contributed by atoms with E-state index in [1.54, 1.807) is 30.3 Å². The van der Waals surface area contributed by atoms with E-state index in [-0.39, 0.29) is 6.61 Å². The molecule has 0 saturated carbocycles. The number of rotatable bonds is 7. The number of nitrogens with one attached hydrogen (secondary N) is 1. The minimum absolute atomic E-state index is 0.160. The van der Waals surface area contributed by atoms with E-state index in [0.717, 1.165) is 7.11 Å². The highest BCUT2D eigenvalue weighted by atomic mass is 16.6. The lowest BCUT2D eigenvalue weighted by Crippen LogP contribution is -2.68. The molecule has 0 fully saturated rings. The predicted molar refractivity (Wildman–Crippen MR) is 115 cm³/mol. The van der Waals surface area contributed by atoms with Crippen LogP contribution >= 0.6 is 0 Å². The summed E-state index contributed by atoms with van der Waals surface area (Å²) in [6.45, 7) is 4.44. The highest BCUT2D eigenvalue weighted by Gasteiger charge is 2.57. The Balaban J connectivity index is 3.24. The van der Waals surface area contributed by atoms with E-state index in [2.05, 4.69) is 4.74 Å². The highest BCUT2D eigenvalue weighted by molar-refractivity contribution is 6.64. The van der Waals surface area contributed by atoms with Crippen molar-refractivity contribution in [3.05, 3.63) is 35.9 Å². The van der Waals surface area contributed by atoms with Gasteiger partial charge in [-0.05, 0) is 31.5 Å². The number of esters is 2. The molecule has 0 spiro atoms. The van der Waals surface area contributed by atoms with Gasteiger partial charge in [-0.1, -0.05) is 35.5 Å². The molecule has 10 radical (unpaired) electrons. The summed E-state index contributed by atoms with van der Waals surface area (Å²) >= 11 is 0. The number of hydrogen-bond donors (Lipinski definition) is 1. The van der Waals surface area contributed by atoms with Gasteiger partial charge in [0.25, 0.3) is 5.97 Å². The van der Waals surface area contributed by atoms with Gasteiger partial charge in [0.1, 0.15) is 20.1 Å². The molecule has 148 valence electrons. The number of benzene rings is 1. The van der Waals surface area contributed by atoms with Crippen molar-refractivity contribution in [2.24, 2.45) is 0 Å². The van der Waals surface area contributed by atoms with Crippen LogP contribution in [0.3, 0.4) is 0 Å². The van der Waals surface area contributed by atoms with Crippen LogP contribution in [0.25, 0.3) is 0 Å². The maximum atomic E-state index is 12.9. The van der Waals surface area contributed by atoms with Crippen molar-refractivity contribution in [1.29, 1.82) is 0 Å². The number of alkyl carbamates (subject to hydrolysis) is 1. The van der Waals surface area contributed by atoms with Crippen molar-refractivity contribution in [3.63, 3.8) is 0 Å². The molecule has 0 aliphatic heterocycles. The van der Waals surface area contributed by atoms with Gasteiger partial charge in [-0.25, -0.2) is 4.79 Å². The molecule has 0 unspecified atom stereocenters. The van der Waals surface area contributed by atoms with Crippen molar-refractivity contribution in [2.45, 2.75) is 48.8 Å². The molecule has 1 amide bonds. The molecule has 7 nitrogen and oxygen atoms in total. The Hall–Kier alpha value is -2.25. The van der Waals surface area contributed by atoms with E-state index in [0.29, 0.717) is 5.56 Å². The number of amides is 1. The average Bonchev–Trinajstić information content (AvgIpc) is 2.64. The molecule has 0 heterocycles. The maximum absolute atomic E-state index is 12.9. The third-order valence-electron chi connectivity index (χ3n) is 4.09. The van der Waals surface area contributed by atoms with Gasteiger partial charge in [-0.3, -0.25) is 9.59 Å². The molecule has 0 bridgehead atoms. The average molecular weight is 400 g/mol. The zero-order valence-corrected chi connectivity index (χ0v) is 17.4. The summed E-state index contributed by atoms with van der Waals surface area (Å²) in [5.74, 6) is -2.59. The molecule has 0 saturated heterocycles. The first kappa shape index (κ1) is 25.8. The van der Waals surface area contributed by atoms with Gasteiger partial charge in [0.15, 0.2) is 0 Å². The van der Waals surface area contributed by atoms with Gasteiger partial charge in [0.05, 0.1) is 43.9 Å². The first-order chi connectivity index (χ1) is 13.6. The minimum atomic E-state index is -2.79. The molecular formula is C18H20B5NO6. The van der Waals surface area contributed by atoms with Gasteiger partial charge in [0, 0.05) is 0 Å². The Labute approximate surface area is 183 Å². The van der Waals surface area contributed by atoms with Crippen LogP contribution in [0.4, 0.5) is 4.79 Å². The predicted octanol–water partition coefficient (Wildman–Crippen LogP) is 0.199. The van der Waals surface area contributed by atoms with Crippen molar-refractivity contribution in [2.75, 3.05) is 7.11 Å². The smallest absolute Gasteiger partial charge is 0.407 e. The van der Waals surface area contributed by atoms with Crippen LogP contribution in [0, 0.1) is 0 Å². The molecule has 0 aliphatic carbocycles. The second kappa shape index (κ2) is 9.27. The molecular weight excluding hydrogens is 380 g/mol. The zero-order valence-electron chi connectivity index (χ0n) is 17.4. The maximum Gasteiger partial charge on any atom is 0.407 e. The van der Waals surface area contributed by atoms with Gasteiger partial charge < -0.3 is 19.5 Å². The quantitative estimate of drug-likeness (QED) is 0.400. The molecule has 1 rings (SSSR count). The summed E-state index contributed by atoms with van der Waals surface area (Å²) in [5.41, 5.74) is -3.20. The number of carbonyl (C=O) groups excluding carboxylic acids is 3. The largest absolute Gasteiger partial charge is 0.470 e. The standard InChI is InChI=1S/C18H20B5NO6/c1-15(2,3)30-13(26)17(21,18(22,23)16(19,20)12(25)28-4)24-14(27)29-10-11-8-6-5-7-9-11/h5-9H,10H2,1-4H3,(H,24,27)/t17-/m1/s1. The first-order valence-corrected chi connectivity index (χ1v) is 8.83. The van der Waals surface area contributed by atoms with Crippen molar-refractivity contribution < 1.29 is 28.6 Å². The molecule has 1 aromatic rings. The molecule has 30 heavy (non-hydrogen) atoms. The first-order valence-electron chi connectivity index (χ1n) is 8.83. The van der Waals surface area contributed by atoms with Crippen LogP contribution in [0.1, 0.15) is 26.3 Å².